The predicted octanol–water partition coefficient (Wildman–Crippen LogP) is 3.98. The Bertz CT molecular complexity index is 654. The van der Waals surface area contributed by atoms with E-state index in [0.717, 1.165) is 23.5 Å². The van der Waals surface area contributed by atoms with Crippen molar-refractivity contribution in [3.05, 3.63) is 48.0 Å². The number of benzene rings is 2. The summed E-state index contributed by atoms with van der Waals surface area (Å²) in [7, 11) is 0. The molecule has 0 fully saturated rings. The van der Waals surface area contributed by atoms with E-state index in [1.54, 1.807) is 18.2 Å². The van der Waals surface area contributed by atoms with E-state index in [-0.39, 0.29) is 5.97 Å². The van der Waals surface area contributed by atoms with E-state index < -0.39 is 0 Å². The highest BCUT2D eigenvalue weighted by Gasteiger charge is 2.09. The summed E-state index contributed by atoms with van der Waals surface area (Å²) in [4.78, 5) is 11.8. The molecule has 0 radical (unpaired) electrons. The average molecular weight is 314 g/mol. The minimum atomic E-state index is -0.355. The van der Waals surface area contributed by atoms with Crippen LogP contribution in [-0.2, 0) is 4.74 Å². The molecular weight excluding hydrogens is 292 g/mol. The Morgan fingerprint density at radius 3 is 2.48 bits per heavy atom. The number of carbonyl (C=O) groups excluding carboxylic acids is 1. The molecule has 2 aromatic rings. The van der Waals surface area contributed by atoms with Crippen molar-refractivity contribution >= 4 is 23.0 Å². The van der Waals surface area contributed by atoms with Gasteiger partial charge in [0.25, 0.3) is 0 Å². The molecule has 5 heteroatoms. The first kappa shape index (κ1) is 16.7. The van der Waals surface area contributed by atoms with Gasteiger partial charge in [-0.25, -0.2) is 4.79 Å². The molecule has 3 N–H and O–H groups in total. The third-order valence-corrected chi connectivity index (χ3v) is 3.17. The second-order valence-electron chi connectivity index (χ2n) is 5.02. The van der Waals surface area contributed by atoms with Crippen LogP contribution < -0.4 is 15.8 Å². The summed E-state index contributed by atoms with van der Waals surface area (Å²) >= 11 is 0. The topological polar surface area (TPSA) is 73.6 Å². The van der Waals surface area contributed by atoms with Gasteiger partial charge < -0.3 is 20.5 Å². The van der Waals surface area contributed by atoms with Gasteiger partial charge in [0.1, 0.15) is 5.75 Å². The molecule has 0 aliphatic heterocycles. The van der Waals surface area contributed by atoms with E-state index in [1.807, 2.05) is 38.1 Å². The van der Waals surface area contributed by atoms with Crippen molar-refractivity contribution in [2.45, 2.75) is 20.3 Å². The normalized spacial score (nSPS) is 10.2. The maximum atomic E-state index is 11.8. The number of esters is 1. The van der Waals surface area contributed by atoms with Gasteiger partial charge in [0.2, 0.25) is 0 Å². The molecule has 122 valence electrons. The Balaban J connectivity index is 2.07. The molecule has 0 unspecified atom stereocenters. The highest BCUT2D eigenvalue weighted by atomic mass is 16.5. The van der Waals surface area contributed by atoms with Crippen molar-refractivity contribution in [3.8, 4) is 5.75 Å². The zero-order chi connectivity index (χ0) is 16.7. The third-order valence-electron chi connectivity index (χ3n) is 3.17. The molecule has 0 amide bonds. The van der Waals surface area contributed by atoms with Crippen LogP contribution in [0.25, 0.3) is 0 Å². The number of anilines is 3. The van der Waals surface area contributed by atoms with Crippen LogP contribution >= 0.6 is 0 Å². The van der Waals surface area contributed by atoms with Crippen molar-refractivity contribution in [2.75, 3.05) is 24.3 Å². The van der Waals surface area contributed by atoms with Crippen LogP contribution in [0.5, 0.6) is 5.75 Å². The summed E-state index contributed by atoms with van der Waals surface area (Å²) in [5, 5.41) is 3.22. The molecule has 0 heterocycles. The summed E-state index contributed by atoms with van der Waals surface area (Å²) in [6.07, 6.45) is 0.790. The number of rotatable bonds is 7. The summed E-state index contributed by atoms with van der Waals surface area (Å²) in [5.41, 5.74) is 8.59. The first-order valence-corrected chi connectivity index (χ1v) is 7.70. The number of nitrogens with one attached hydrogen (secondary N) is 1. The second kappa shape index (κ2) is 8.08. The van der Waals surface area contributed by atoms with Crippen LogP contribution in [-0.4, -0.2) is 19.2 Å². The standard InChI is InChI=1S/C18H22N2O3/c1-3-11-23-18(21)13-5-10-17(16(19)12-13)20-14-6-8-15(9-7-14)22-4-2/h5-10,12,20H,3-4,11,19H2,1-2H3. The van der Waals surface area contributed by atoms with Gasteiger partial charge in [0.15, 0.2) is 0 Å². The number of hydrogen-bond donors (Lipinski definition) is 2. The van der Waals surface area contributed by atoms with E-state index >= 15 is 0 Å². The largest absolute Gasteiger partial charge is 0.494 e. The minimum Gasteiger partial charge on any atom is -0.494 e. The highest BCUT2D eigenvalue weighted by molar-refractivity contribution is 5.92. The zero-order valence-corrected chi connectivity index (χ0v) is 13.5. The van der Waals surface area contributed by atoms with Gasteiger partial charge in [0, 0.05) is 5.69 Å². The Labute approximate surface area is 136 Å². The minimum absolute atomic E-state index is 0.355. The monoisotopic (exact) mass is 314 g/mol. The van der Waals surface area contributed by atoms with E-state index in [9.17, 15) is 4.79 Å². The quantitative estimate of drug-likeness (QED) is 0.597. The fraction of sp³-hybridized carbons (Fsp3) is 0.278. The lowest BCUT2D eigenvalue weighted by Gasteiger charge is -2.11. The summed E-state index contributed by atoms with van der Waals surface area (Å²) in [5.74, 6) is 0.464. The lowest BCUT2D eigenvalue weighted by atomic mass is 10.1. The van der Waals surface area contributed by atoms with Crippen LogP contribution in [0.15, 0.2) is 42.5 Å². The number of nitrogens with two attached hydrogens (primary N) is 1. The molecule has 0 atom stereocenters. The Morgan fingerprint density at radius 2 is 1.87 bits per heavy atom. The van der Waals surface area contributed by atoms with Crippen molar-refractivity contribution in [1.29, 1.82) is 0 Å². The van der Waals surface area contributed by atoms with Gasteiger partial charge in [-0.2, -0.15) is 0 Å². The Morgan fingerprint density at radius 1 is 1.13 bits per heavy atom. The predicted molar refractivity (Wildman–Crippen MR) is 92.3 cm³/mol. The van der Waals surface area contributed by atoms with Crippen LogP contribution in [0, 0.1) is 0 Å². The molecule has 23 heavy (non-hydrogen) atoms. The van der Waals surface area contributed by atoms with Crippen LogP contribution in [0.2, 0.25) is 0 Å². The number of ether oxygens (including phenoxy) is 2. The van der Waals surface area contributed by atoms with Gasteiger partial charge in [0.05, 0.1) is 30.2 Å². The van der Waals surface area contributed by atoms with Crippen molar-refractivity contribution in [3.63, 3.8) is 0 Å². The van der Waals surface area contributed by atoms with Gasteiger partial charge in [-0.15, -0.1) is 0 Å². The molecule has 0 saturated carbocycles. The molecule has 0 bridgehead atoms. The molecule has 0 aromatic heterocycles. The van der Waals surface area contributed by atoms with Crippen molar-refractivity contribution in [1.82, 2.24) is 0 Å². The summed E-state index contributed by atoms with van der Waals surface area (Å²) in [6, 6.07) is 12.7. The first-order valence-electron chi connectivity index (χ1n) is 7.70. The van der Waals surface area contributed by atoms with E-state index in [2.05, 4.69) is 5.32 Å². The fourth-order valence-electron chi connectivity index (χ4n) is 2.04. The smallest absolute Gasteiger partial charge is 0.338 e. The van der Waals surface area contributed by atoms with E-state index in [1.165, 1.54) is 0 Å². The maximum absolute atomic E-state index is 11.8. The van der Waals surface area contributed by atoms with E-state index in [4.69, 9.17) is 15.2 Å². The molecule has 0 spiro atoms. The number of nitrogen functional groups attached to an aromatic ring is 1. The van der Waals surface area contributed by atoms with Crippen molar-refractivity contribution in [2.24, 2.45) is 0 Å². The van der Waals surface area contributed by atoms with E-state index in [0.29, 0.717) is 24.5 Å². The second-order valence-corrected chi connectivity index (χ2v) is 5.02. The number of hydrogen-bond acceptors (Lipinski definition) is 5. The molecule has 2 aromatic carbocycles. The summed E-state index contributed by atoms with van der Waals surface area (Å²) < 4.78 is 10.5. The SMILES string of the molecule is CCCOC(=O)c1ccc(Nc2ccc(OCC)cc2)c(N)c1. The van der Waals surface area contributed by atoms with Crippen LogP contribution in [0.1, 0.15) is 30.6 Å². The Kier molecular flexibility index (Phi) is 5.86. The van der Waals surface area contributed by atoms with Gasteiger partial charge >= 0.3 is 5.97 Å². The highest BCUT2D eigenvalue weighted by Crippen LogP contribution is 2.25. The summed E-state index contributed by atoms with van der Waals surface area (Å²) in [6.45, 7) is 4.94. The van der Waals surface area contributed by atoms with Gasteiger partial charge in [-0.1, -0.05) is 6.92 Å². The number of carbonyl (C=O) groups is 1. The molecular formula is C18H22N2O3. The van der Waals surface area contributed by atoms with Gasteiger partial charge in [-0.3, -0.25) is 0 Å². The first-order chi connectivity index (χ1) is 11.1. The van der Waals surface area contributed by atoms with Crippen LogP contribution in [0.3, 0.4) is 0 Å². The zero-order valence-electron chi connectivity index (χ0n) is 13.5. The van der Waals surface area contributed by atoms with Gasteiger partial charge in [-0.05, 0) is 55.8 Å². The lowest BCUT2D eigenvalue weighted by Crippen LogP contribution is -2.07. The fourth-order valence-corrected chi connectivity index (χ4v) is 2.04. The molecule has 0 aliphatic carbocycles. The molecule has 0 saturated heterocycles. The molecule has 0 aliphatic rings. The van der Waals surface area contributed by atoms with Crippen LogP contribution in [0.4, 0.5) is 17.1 Å². The maximum Gasteiger partial charge on any atom is 0.338 e. The third kappa shape index (κ3) is 4.64. The van der Waals surface area contributed by atoms with Crippen molar-refractivity contribution < 1.29 is 14.3 Å². The lowest BCUT2D eigenvalue weighted by molar-refractivity contribution is 0.0505. The molecule has 5 nitrogen and oxygen atoms in total. The molecule has 2 rings (SSSR count). The Hall–Kier alpha value is -2.69. The average Bonchev–Trinajstić information content (AvgIpc) is 2.56.